The number of amides is 3. The van der Waals surface area contributed by atoms with Gasteiger partial charge in [0, 0.05) is 50.4 Å². The highest BCUT2D eigenvalue weighted by molar-refractivity contribution is 5.92. The van der Waals surface area contributed by atoms with Gasteiger partial charge in [-0.15, -0.1) is 0 Å². The maximum atomic E-state index is 13.0. The Morgan fingerprint density at radius 1 is 1.00 bits per heavy atom. The fourth-order valence-electron chi connectivity index (χ4n) is 4.16. The zero-order chi connectivity index (χ0) is 22.6. The number of benzene rings is 1. The molecule has 2 aliphatic rings. The van der Waals surface area contributed by atoms with Crippen LogP contribution in [-0.2, 0) is 14.4 Å². The molecule has 3 amide bonds. The van der Waals surface area contributed by atoms with Crippen LogP contribution in [0.2, 0.25) is 0 Å². The van der Waals surface area contributed by atoms with Gasteiger partial charge in [0.2, 0.25) is 17.7 Å². The molecule has 0 aromatic heterocycles. The van der Waals surface area contributed by atoms with E-state index in [1.165, 1.54) is 24.3 Å². The monoisotopic (exact) mass is 432 g/mol. The Balaban J connectivity index is 1.45. The third kappa shape index (κ3) is 6.26. The molecule has 1 N–H and O–H groups in total. The van der Waals surface area contributed by atoms with Crippen molar-refractivity contribution >= 4 is 23.4 Å². The average Bonchev–Trinajstić information content (AvgIpc) is 2.74. The summed E-state index contributed by atoms with van der Waals surface area (Å²) in [5, 5.41) is 2.76. The highest BCUT2D eigenvalue weighted by Gasteiger charge is 2.35. The Labute approximate surface area is 183 Å². The van der Waals surface area contributed by atoms with E-state index >= 15 is 0 Å². The van der Waals surface area contributed by atoms with Crippen molar-refractivity contribution < 1.29 is 18.8 Å². The van der Waals surface area contributed by atoms with Gasteiger partial charge in [-0.3, -0.25) is 19.3 Å². The molecule has 2 aliphatic heterocycles. The first-order valence-corrected chi connectivity index (χ1v) is 11.0. The van der Waals surface area contributed by atoms with Gasteiger partial charge in [-0.2, -0.15) is 0 Å². The van der Waals surface area contributed by atoms with Gasteiger partial charge in [0.05, 0.1) is 12.5 Å². The Morgan fingerprint density at radius 2 is 1.65 bits per heavy atom. The molecule has 3 rings (SSSR count). The first kappa shape index (κ1) is 23.2. The number of piperidine rings is 1. The Hall–Kier alpha value is -2.48. The summed E-state index contributed by atoms with van der Waals surface area (Å²) < 4.78 is 13.0. The lowest BCUT2D eigenvalue weighted by Crippen LogP contribution is -2.54. The number of carbonyl (C=O) groups is 3. The third-order valence-electron chi connectivity index (χ3n) is 5.88. The van der Waals surface area contributed by atoms with Crippen LogP contribution in [-0.4, -0.2) is 78.2 Å². The van der Waals surface area contributed by atoms with Gasteiger partial charge in [-0.1, -0.05) is 20.8 Å². The van der Waals surface area contributed by atoms with Gasteiger partial charge in [0.1, 0.15) is 5.82 Å². The maximum Gasteiger partial charge on any atom is 0.238 e. The van der Waals surface area contributed by atoms with Gasteiger partial charge in [-0.05, 0) is 37.1 Å². The summed E-state index contributed by atoms with van der Waals surface area (Å²) in [5.41, 5.74) is 0.122. The molecule has 1 aromatic carbocycles. The molecule has 8 heteroatoms. The lowest BCUT2D eigenvalue weighted by Gasteiger charge is -2.40. The van der Waals surface area contributed by atoms with Crippen LogP contribution in [0.15, 0.2) is 24.3 Å². The minimum Gasteiger partial charge on any atom is -0.341 e. The quantitative estimate of drug-likeness (QED) is 0.792. The van der Waals surface area contributed by atoms with Crippen molar-refractivity contribution in [3.05, 3.63) is 30.1 Å². The first-order chi connectivity index (χ1) is 14.6. The van der Waals surface area contributed by atoms with E-state index in [2.05, 4.69) is 5.32 Å². The van der Waals surface area contributed by atoms with E-state index in [9.17, 15) is 18.8 Å². The van der Waals surface area contributed by atoms with Crippen molar-refractivity contribution in [1.82, 2.24) is 14.7 Å². The smallest absolute Gasteiger partial charge is 0.238 e. The number of carbonyl (C=O) groups excluding carboxylic acids is 3. The molecule has 7 nitrogen and oxygen atoms in total. The van der Waals surface area contributed by atoms with Crippen LogP contribution in [0.3, 0.4) is 0 Å². The molecule has 0 aliphatic carbocycles. The predicted molar refractivity (Wildman–Crippen MR) is 117 cm³/mol. The fraction of sp³-hybridized carbons (Fsp3) is 0.609. The molecule has 2 fully saturated rings. The maximum absolute atomic E-state index is 13.0. The summed E-state index contributed by atoms with van der Waals surface area (Å²) in [6.45, 7) is 9.58. The lowest BCUT2D eigenvalue weighted by atomic mass is 9.90. The van der Waals surface area contributed by atoms with Crippen LogP contribution in [0, 0.1) is 17.2 Å². The number of nitrogens with one attached hydrogen (secondary N) is 1. The highest BCUT2D eigenvalue weighted by atomic mass is 19.1. The standard InChI is InChI=1S/C23H33FN4O3/c1-23(2,3)22(31)28-10-4-5-17(15-28)21(30)27-13-11-26(12-14-27)16-20(29)25-19-8-6-18(24)7-9-19/h6-9,17H,4-5,10-16H2,1-3H3,(H,25,29). The first-order valence-electron chi connectivity index (χ1n) is 11.0. The molecular weight excluding hydrogens is 399 g/mol. The summed E-state index contributed by atoms with van der Waals surface area (Å²) in [6.07, 6.45) is 1.66. The zero-order valence-electron chi connectivity index (χ0n) is 18.7. The highest BCUT2D eigenvalue weighted by Crippen LogP contribution is 2.25. The molecule has 1 atom stereocenters. The molecule has 0 spiro atoms. The van der Waals surface area contributed by atoms with Crippen LogP contribution in [0.4, 0.5) is 10.1 Å². The number of halogens is 1. The SMILES string of the molecule is CC(C)(C)C(=O)N1CCCC(C(=O)N2CCN(CC(=O)Nc3ccc(F)cc3)CC2)C1. The number of likely N-dealkylation sites (tertiary alicyclic amines) is 1. The van der Waals surface area contributed by atoms with E-state index in [-0.39, 0.29) is 36.0 Å². The molecule has 170 valence electrons. The number of nitrogens with zero attached hydrogens (tertiary/aromatic N) is 3. The van der Waals surface area contributed by atoms with E-state index in [0.717, 1.165) is 19.4 Å². The van der Waals surface area contributed by atoms with Gasteiger partial charge in [0.15, 0.2) is 0 Å². The Morgan fingerprint density at radius 3 is 2.26 bits per heavy atom. The second-order valence-corrected chi connectivity index (χ2v) is 9.50. The molecule has 1 unspecified atom stereocenters. The van der Waals surface area contributed by atoms with Crippen molar-refractivity contribution in [2.24, 2.45) is 11.3 Å². The molecule has 1 aromatic rings. The summed E-state index contributed by atoms with van der Waals surface area (Å²) in [5.74, 6) is -0.435. The lowest BCUT2D eigenvalue weighted by molar-refractivity contribution is -0.146. The van der Waals surface area contributed by atoms with Crippen LogP contribution < -0.4 is 5.32 Å². The number of anilines is 1. The van der Waals surface area contributed by atoms with Crippen molar-refractivity contribution in [2.75, 3.05) is 51.1 Å². The van der Waals surface area contributed by atoms with E-state index in [0.29, 0.717) is 38.4 Å². The predicted octanol–water partition coefficient (Wildman–Crippen LogP) is 2.19. The average molecular weight is 433 g/mol. The van der Waals surface area contributed by atoms with Crippen LogP contribution in [0.25, 0.3) is 0 Å². The largest absolute Gasteiger partial charge is 0.341 e. The number of hydrogen-bond acceptors (Lipinski definition) is 4. The second kappa shape index (κ2) is 9.77. The zero-order valence-corrected chi connectivity index (χ0v) is 18.7. The normalized spacial score (nSPS) is 20.5. The van der Waals surface area contributed by atoms with Crippen molar-refractivity contribution in [1.29, 1.82) is 0 Å². The number of piperazine rings is 1. The minimum absolute atomic E-state index is 0.0991. The van der Waals surface area contributed by atoms with E-state index < -0.39 is 5.41 Å². The van der Waals surface area contributed by atoms with Crippen LogP contribution >= 0.6 is 0 Å². The van der Waals surface area contributed by atoms with Crippen LogP contribution in [0.1, 0.15) is 33.6 Å². The summed E-state index contributed by atoms with van der Waals surface area (Å²) in [6, 6.07) is 5.67. The summed E-state index contributed by atoms with van der Waals surface area (Å²) in [4.78, 5) is 43.6. The minimum atomic E-state index is -0.439. The third-order valence-corrected chi connectivity index (χ3v) is 5.88. The van der Waals surface area contributed by atoms with E-state index in [4.69, 9.17) is 0 Å². The molecule has 0 bridgehead atoms. The second-order valence-electron chi connectivity index (χ2n) is 9.50. The van der Waals surface area contributed by atoms with E-state index in [1.54, 1.807) is 0 Å². The Bertz CT molecular complexity index is 798. The molecule has 0 radical (unpaired) electrons. The molecule has 0 saturated carbocycles. The van der Waals surface area contributed by atoms with Gasteiger partial charge in [-0.25, -0.2) is 4.39 Å². The molecule has 2 heterocycles. The van der Waals surface area contributed by atoms with Gasteiger partial charge in [0.25, 0.3) is 0 Å². The van der Waals surface area contributed by atoms with Crippen molar-refractivity contribution in [3.8, 4) is 0 Å². The van der Waals surface area contributed by atoms with Crippen LogP contribution in [0.5, 0.6) is 0 Å². The summed E-state index contributed by atoms with van der Waals surface area (Å²) >= 11 is 0. The Kier molecular flexibility index (Phi) is 7.30. The molecular formula is C23H33FN4O3. The molecule has 2 saturated heterocycles. The number of rotatable bonds is 4. The van der Waals surface area contributed by atoms with Crippen molar-refractivity contribution in [2.45, 2.75) is 33.6 Å². The molecule has 31 heavy (non-hydrogen) atoms. The number of hydrogen-bond donors (Lipinski definition) is 1. The van der Waals surface area contributed by atoms with Gasteiger partial charge >= 0.3 is 0 Å². The fourth-order valence-corrected chi connectivity index (χ4v) is 4.16. The summed E-state index contributed by atoms with van der Waals surface area (Å²) in [7, 11) is 0. The topological polar surface area (TPSA) is 73.0 Å². The van der Waals surface area contributed by atoms with Crippen molar-refractivity contribution in [3.63, 3.8) is 0 Å². The van der Waals surface area contributed by atoms with Gasteiger partial charge < -0.3 is 15.1 Å². The van der Waals surface area contributed by atoms with E-state index in [1.807, 2.05) is 35.5 Å².